The fourth-order valence-corrected chi connectivity index (χ4v) is 3.83. The van der Waals surface area contributed by atoms with Crippen LogP contribution in [-0.2, 0) is 11.8 Å². The van der Waals surface area contributed by atoms with E-state index in [9.17, 15) is 4.89 Å². The first-order valence-electron chi connectivity index (χ1n) is 4.50. The first-order valence-corrected chi connectivity index (χ1v) is 9.06. The summed E-state index contributed by atoms with van der Waals surface area (Å²) >= 11 is 34.2. The third-order valence-corrected chi connectivity index (χ3v) is 5.74. The van der Waals surface area contributed by atoms with Gasteiger partial charge in [0.2, 0.25) is 0 Å². The molecule has 1 unspecified atom stereocenters. The minimum absolute atomic E-state index is 0.00961. The Kier molecular flexibility index (Phi) is 6.33. The Bertz CT molecular complexity index is 498. The molecule has 0 aliphatic heterocycles. The molecule has 0 bridgehead atoms. The second-order valence-electron chi connectivity index (χ2n) is 3.02. The van der Waals surface area contributed by atoms with Crippen LogP contribution in [0.5, 0.6) is 5.75 Å². The van der Waals surface area contributed by atoms with E-state index in [1.807, 2.05) is 0 Å². The Balaban J connectivity index is 3.30. The maximum Gasteiger partial charge on any atom is 0.310 e. The van der Waals surface area contributed by atoms with E-state index in [1.54, 1.807) is 6.92 Å². The Morgan fingerprint density at radius 1 is 1.06 bits per heavy atom. The molecule has 0 saturated heterocycles. The molecule has 0 aromatic heterocycles. The highest BCUT2D eigenvalue weighted by atomic mass is 35.5. The number of hydrogen-bond acceptors (Lipinski definition) is 2. The van der Waals surface area contributed by atoms with Crippen LogP contribution in [-0.4, -0.2) is 11.4 Å². The lowest BCUT2D eigenvalue weighted by Gasteiger charge is -2.20. The standard InChI is InChI=1S/C8H7Cl5NO2PS/c1-2-14-17(15,18)16-8-6(12)4(10)3(9)5(11)7(8)13/h2H2,1H3,(H2,14,15,18). The SMILES string of the molecule is CCNP(O)(=S)Oc1c(Cl)c(Cl)c(Cl)c(Cl)c1Cl. The summed E-state index contributed by atoms with van der Waals surface area (Å²) in [5, 5.41) is 2.46. The van der Waals surface area contributed by atoms with E-state index in [0.29, 0.717) is 6.54 Å². The fraction of sp³-hybridized carbons (Fsp3) is 0.250. The first kappa shape index (κ1) is 17.1. The van der Waals surface area contributed by atoms with Gasteiger partial charge in [0, 0.05) is 6.54 Å². The van der Waals surface area contributed by atoms with E-state index in [2.05, 4.69) is 5.09 Å². The fourth-order valence-electron chi connectivity index (χ4n) is 1.02. The lowest BCUT2D eigenvalue weighted by atomic mass is 10.3. The molecule has 1 aromatic carbocycles. The monoisotopic (exact) mass is 387 g/mol. The van der Waals surface area contributed by atoms with E-state index in [4.69, 9.17) is 74.3 Å². The van der Waals surface area contributed by atoms with Crippen molar-refractivity contribution in [1.82, 2.24) is 5.09 Å². The molecule has 0 radical (unpaired) electrons. The van der Waals surface area contributed by atoms with Crippen molar-refractivity contribution in [3.63, 3.8) is 0 Å². The highest BCUT2D eigenvalue weighted by Gasteiger charge is 2.24. The molecule has 18 heavy (non-hydrogen) atoms. The van der Waals surface area contributed by atoms with Crippen LogP contribution < -0.4 is 9.61 Å². The number of hydrogen-bond donors (Lipinski definition) is 2. The van der Waals surface area contributed by atoms with Crippen molar-refractivity contribution in [2.45, 2.75) is 6.92 Å². The van der Waals surface area contributed by atoms with Crippen LogP contribution in [0.2, 0.25) is 25.1 Å². The third kappa shape index (κ3) is 3.78. The summed E-state index contributed by atoms with van der Waals surface area (Å²) in [4.78, 5) is 9.82. The van der Waals surface area contributed by atoms with Crippen LogP contribution in [0.15, 0.2) is 0 Å². The molecule has 10 heteroatoms. The Hall–Kier alpha value is 1.04. The van der Waals surface area contributed by atoms with Crippen molar-refractivity contribution in [1.29, 1.82) is 0 Å². The zero-order chi connectivity index (χ0) is 14.1. The van der Waals surface area contributed by atoms with Gasteiger partial charge in [-0.3, -0.25) is 0 Å². The molecule has 0 fully saturated rings. The molecule has 1 atom stereocenters. The number of rotatable bonds is 4. The second-order valence-corrected chi connectivity index (χ2v) is 7.94. The lowest BCUT2D eigenvalue weighted by molar-refractivity contribution is 0.468. The maximum absolute atomic E-state index is 9.82. The maximum atomic E-state index is 9.82. The summed E-state index contributed by atoms with van der Waals surface area (Å²) in [6.45, 7) is -1.10. The molecule has 1 aromatic rings. The smallest absolute Gasteiger partial charge is 0.310 e. The van der Waals surface area contributed by atoms with Crippen LogP contribution in [0.3, 0.4) is 0 Å². The van der Waals surface area contributed by atoms with Gasteiger partial charge in [0.05, 0.1) is 15.1 Å². The van der Waals surface area contributed by atoms with Crippen molar-refractivity contribution in [2.75, 3.05) is 6.54 Å². The third-order valence-electron chi connectivity index (χ3n) is 1.74. The topological polar surface area (TPSA) is 41.5 Å². The van der Waals surface area contributed by atoms with Crippen molar-refractivity contribution in [3.05, 3.63) is 25.1 Å². The summed E-state index contributed by atoms with van der Waals surface area (Å²) in [5.41, 5.74) is 0. The van der Waals surface area contributed by atoms with Crippen LogP contribution in [0.4, 0.5) is 0 Å². The van der Waals surface area contributed by atoms with E-state index >= 15 is 0 Å². The minimum atomic E-state index is -3.27. The molecule has 0 aliphatic carbocycles. The molecular formula is C8H7Cl5NO2PS. The van der Waals surface area contributed by atoms with E-state index < -0.39 is 6.64 Å². The Morgan fingerprint density at radius 3 is 1.83 bits per heavy atom. The van der Waals surface area contributed by atoms with Gasteiger partial charge in [-0.2, -0.15) is 0 Å². The molecule has 1 rings (SSSR count). The largest absolute Gasteiger partial charge is 0.430 e. The summed E-state index contributed by atoms with van der Waals surface area (Å²) in [5.74, 6) is -0.0930. The average molecular weight is 389 g/mol. The van der Waals surface area contributed by atoms with Gasteiger partial charge < -0.3 is 9.42 Å². The zero-order valence-electron chi connectivity index (χ0n) is 8.81. The van der Waals surface area contributed by atoms with Crippen LogP contribution in [0.1, 0.15) is 6.92 Å². The number of halogens is 5. The molecule has 0 spiro atoms. The van der Waals surface area contributed by atoms with Crippen molar-refractivity contribution < 1.29 is 9.42 Å². The summed E-state index contributed by atoms with van der Waals surface area (Å²) in [7, 11) is 0. The van der Waals surface area contributed by atoms with Gasteiger partial charge in [0.25, 0.3) is 0 Å². The van der Waals surface area contributed by atoms with Crippen molar-refractivity contribution in [2.24, 2.45) is 0 Å². The van der Waals surface area contributed by atoms with Gasteiger partial charge in [-0.15, -0.1) is 0 Å². The quantitative estimate of drug-likeness (QED) is 0.424. The molecular weight excluding hydrogens is 382 g/mol. The van der Waals surface area contributed by atoms with Gasteiger partial charge in [0.1, 0.15) is 10.0 Å². The predicted molar refractivity (Wildman–Crippen MR) is 82.3 cm³/mol. The predicted octanol–water partition coefficient (Wildman–Crippen LogP) is 5.16. The van der Waals surface area contributed by atoms with E-state index in [0.717, 1.165) is 0 Å². The molecule has 0 amide bonds. The minimum Gasteiger partial charge on any atom is -0.430 e. The van der Waals surface area contributed by atoms with Crippen molar-refractivity contribution >= 4 is 76.5 Å². The first-order chi connectivity index (χ1) is 8.21. The summed E-state index contributed by atoms with van der Waals surface area (Å²) in [6.07, 6.45) is 0. The lowest BCUT2D eigenvalue weighted by Crippen LogP contribution is -2.13. The zero-order valence-corrected chi connectivity index (χ0v) is 14.3. The van der Waals surface area contributed by atoms with Gasteiger partial charge in [0.15, 0.2) is 5.75 Å². The summed E-state index contributed by atoms with van der Waals surface area (Å²) in [6, 6.07) is 0. The number of nitrogens with one attached hydrogen (secondary N) is 1. The Labute approximate surface area is 134 Å². The van der Waals surface area contributed by atoms with Crippen molar-refractivity contribution in [3.8, 4) is 5.75 Å². The van der Waals surface area contributed by atoms with E-state index in [-0.39, 0.29) is 30.9 Å². The molecule has 0 aliphatic rings. The molecule has 0 saturated carbocycles. The second kappa shape index (κ2) is 6.66. The molecule has 102 valence electrons. The normalized spacial score (nSPS) is 14.4. The van der Waals surface area contributed by atoms with Gasteiger partial charge in [-0.1, -0.05) is 64.9 Å². The van der Waals surface area contributed by atoms with Gasteiger partial charge in [-0.05, 0) is 11.8 Å². The van der Waals surface area contributed by atoms with Crippen LogP contribution in [0.25, 0.3) is 0 Å². The molecule has 3 nitrogen and oxygen atoms in total. The number of benzene rings is 1. The molecule has 0 heterocycles. The van der Waals surface area contributed by atoms with Gasteiger partial charge >= 0.3 is 6.64 Å². The average Bonchev–Trinajstić information content (AvgIpc) is 2.30. The summed E-state index contributed by atoms with van der Waals surface area (Å²) < 4.78 is 5.20. The van der Waals surface area contributed by atoms with Crippen LogP contribution in [0, 0.1) is 0 Å². The Morgan fingerprint density at radius 2 is 1.44 bits per heavy atom. The van der Waals surface area contributed by atoms with Gasteiger partial charge in [-0.25, -0.2) is 5.09 Å². The van der Waals surface area contributed by atoms with Crippen LogP contribution >= 0.6 is 64.6 Å². The highest BCUT2D eigenvalue weighted by Crippen LogP contribution is 2.52. The van der Waals surface area contributed by atoms with E-state index in [1.165, 1.54) is 0 Å². The highest BCUT2D eigenvalue weighted by molar-refractivity contribution is 8.08. The molecule has 2 N–H and O–H groups in total.